The van der Waals surface area contributed by atoms with Crippen LogP contribution in [-0.4, -0.2) is 50.3 Å². The molecule has 182 valence electrons. The Morgan fingerprint density at radius 2 is 1.71 bits per heavy atom. The molecule has 1 aromatic heterocycles. The van der Waals surface area contributed by atoms with Crippen molar-refractivity contribution in [3.8, 4) is 0 Å². The Bertz CT molecular complexity index is 1200. The maximum atomic E-state index is 13.4. The summed E-state index contributed by atoms with van der Waals surface area (Å²) in [5, 5.41) is 0.412. The molecule has 0 aliphatic rings. The van der Waals surface area contributed by atoms with Crippen molar-refractivity contribution < 1.29 is 22.3 Å². The molecule has 0 atom stereocenters. The van der Waals surface area contributed by atoms with Gasteiger partial charge in [0, 0.05) is 35.0 Å². The molecule has 0 unspecified atom stereocenters. The lowest BCUT2D eigenvalue weighted by atomic mass is 10.2. The smallest absolute Gasteiger partial charge is 0.243 e. The van der Waals surface area contributed by atoms with E-state index in [1.807, 2.05) is 19.1 Å². The summed E-state index contributed by atoms with van der Waals surface area (Å²) < 4.78 is 46.1. The zero-order chi connectivity index (χ0) is 24.7. The first kappa shape index (κ1) is 26.3. The third kappa shape index (κ3) is 7.10. The third-order valence-electron chi connectivity index (χ3n) is 5.09. The standard InChI is InChI=1S/C24H26ClFN2O4S2/c1-18-3-10-22(33-18)16-27(15-19-4-8-21(26)9-5-19)24(29)17-28(13-14-32-2)34(30,31)23-11-6-20(25)7-12-23/h3-12H,13-17H2,1-2H3. The highest BCUT2D eigenvalue weighted by Crippen LogP contribution is 2.21. The SMILES string of the molecule is COCCN(CC(=O)N(Cc1ccc(F)cc1)Cc1ccc(C)s1)S(=O)(=O)c1ccc(Cl)cc1. The molecule has 10 heteroatoms. The van der Waals surface area contributed by atoms with Crippen molar-refractivity contribution in [1.29, 1.82) is 0 Å². The van der Waals surface area contributed by atoms with Gasteiger partial charge in [0.2, 0.25) is 15.9 Å². The number of carbonyl (C=O) groups is 1. The molecule has 34 heavy (non-hydrogen) atoms. The predicted octanol–water partition coefficient (Wildman–Crippen LogP) is 4.72. The molecule has 0 aliphatic carbocycles. The van der Waals surface area contributed by atoms with Gasteiger partial charge in [-0.25, -0.2) is 12.8 Å². The number of amides is 1. The fraction of sp³-hybridized carbons (Fsp3) is 0.292. The van der Waals surface area contributed by atoms with E-state index in [4.69, 9.17) is 16.3 Å². The van der Waals surface area contributed by atoms with E-state index in [2.05, 4.69) is 0 Å². The summed E-state index contributed by atoms with van der Waals surface area (Å²) in [5.74, 6) is -0.737. The first-order valence-corrected chi connectivity index (χ1v) is 13.1. The monoisotopic (exact) mass is 524 g/mol. The molecule has 0 fully saturated rings. The van der Waals surface area contributed by atoms with Gasteiger partial charge in [-0.1, -0.05) is 23.7 Å². The average molecular weight is 525 g/mol. The van der Waals surface area contributed by atoms with Crippen molar-refractivity contribution in [3.63, 3.8) is 0 Å². The number of sulfonamides is 1. The van der Waals surface area contributed by atoms with Crippen LogP contribution >= 0.6 is 22.9 Å². The van der Waals surface area contributed by atoms with E-state index in [1.54, 1.807) is 28.4 Å². The number of aryl methyl sites for hydroxylation is 1. The molecular weight excluding hydrogens is 499 g/mol. The molecule has 0 saturated carbocycles. The maximum Gasteiger partial charge on any atom is 0.243 e. The Morgan fingerprint density at radius 1 is 1.03 bits per heavy atom. The Kier molecular flexibility index (Phi) is 9.21. The van der Waals surface area contributed by atoms with Gasteiger partial charge in [0.05, 0.1) is 24.6 Å². The van der Waals surface area contributed by atoms with Gasteiger partial charge in [0.1, 0.15) is 5.82 Å². The van der Waals surface area contributed by atoms with Crippen molar-refractivity contribution in [3.05, 3.63) is 86.8 Å². The predicted molar refractivity (Wildman–Crippen MR) is 132 cm³/mol. The molecule has 0 aliphatic heterocycles. The van der Waals surface area contributed by atoms with E-state index in [0.29, 0.717) is 11.6 Å². The first-order chi connectivity index (χ1) is 16.2. The van der Waals surface area contributed by atoms with Crippen LogP contribution in [0.5, 0.6) is 0 Å². The third-order valence-corrected chi connectivity index (χ3v) is 8.19. The number of methoxy groups -OCH3 is 1. The molecule has 1 heterocycles. The summed E-state index contributed by atoms with van der Waals surface area (Å²) in [6, 6.07) is 15.6. The van der Waals surface area contributed by atoms with Crippen LogP contribution in [0, 0.1) is 12.7 Å². The molecule has 0 spiro atoms. The van der Waals surface area contributed by atoms with Gasteiger partial charge in [-0.3, -0.25) is 4.79 Å². The van der Waals surface area contributed by atoms with Gasteiger partial charge in [-0.05, 0) is 61.0 Å². The van der Waals surface area contributed by atoms with Gasteiger partial charge in [-0.15, -0.1) is 11.3 Å². The van der Waals surface area contributed by atoms with Crippen LogP contribution < -0.4 is 0 Å². The highest BCUT2D eigenvalue weighted by molar-refractivity contribution is 7.89. The Balaban J connectivity index is 1.86. The number of benzene rings is 2. The van der Waals surface area contributed by atoms with Crippen LogP contribution in [0.15, 0.2) is 65.6 Å². The van der Waals surface area contributed by atoms with E-state index in [-0.39, 0.29) is 42.9 Å². The molecule has 6 nitrogen and oxygen atoms in total. The van der Waals surface area contributed by atoms with Crippen molar-refractivity contribution in [1.82, 2.24) is 9.21 Å². The van der Waals surface area contributed by atoms with Crippen LogP contribution in [-0.2, 0) is 32.6 Å². The van der Waals surface area contributed by atoms with E-state index < -0.39 is 10.0 Å². The zero-order valence-electron chi connectivity index (χ0n) is 18.9. The fourth-order valence-electron chi connectivity index (χ4n) is 3.28. The second kappa shape index (κ2) is 11.9. The summed E-state index contributed by atoms with van der Waals surface area (Å²) in [6.07, 6.45) is 0. The van der Waals surface area contributed by atoms with Gasteiger partial charge >= 0.3 is 0 Å². The first-order valence-electron chi connectivity index (χ1n) is 10.5. The minimum absolute atomic E-state index is 0.00962. The Hall–Kier alpha value is -2.30. The van der Waals surface area contributed by atoms with Gasteiger partial charge in [0.25, 0.3) is 0 Å². The molecular formula is C24H26ClFN2O4S2. The highest BCUT2D eigenvalue weighted by Gasteiger charge is 2.28. The molecule has 3 rings (SSSR count). The Morgan fingerprint density at radius 3 is 2.29 bits per heavy atom. The number of nitrogens with zero attached hydrogens (tertiary/aromatic N) is 2. The van der Waals surface area contributed by atoms with E-state index in [1.165, 1.54) is 43.5 Å². The van der Waals surface area contributed by atoms with Crippen LogP contribution in [0.1, 0.15) is 15.3 Å². The van der Waals surface area contributed by atoms with Crippen LogP contribution in [0.25, 0.3) is 0 Å². The second-order valence-electron chi connectivity index (χ2n) is 7.67. The summed E-state index contributed by atoms with van der Waals surface area (Å²) in [5.41, 5.74) is 0.743. The highest BCUT2D eigenvalue weighted by atomic mass is 35.5. The largest absolute Gasteiger partial charge is 0.383 e. The minimum Gasteiger partial charge on any atom is -0.383 e. The number of hydrogen-bond donors (Lipinski definition) is 0. The number of hydrogen-bond acceptors (Lipinski definition) is 5. The normalized spacial score (nSPS) is 11.7. The number of rotatable bonds is 11. The molecule has 0 radical (unpaired) electrons. The number of halogens is 2. The molecule has 0 bridgehead atoms. The van der Waals surface area contributed by atoms with Crippen molar-refractivity contribution >= 4 is 38.9 Å². The summed E-state index contributed by atoms with van der Waals surface area (Å²) in [4.78, 5) is 17.1. The van der Waals surface area contributed by atoms with E-state index >= 15 is 0 Å². The zero-order valence-corrected chi connectivity index (χ0v) is 21.3. The molecule has 0 N–H and O–H groups in total. The molecule has 3 aromatic rings. The quantitative estimate of drug-likeness (QED) is 0.364. The van der Waals surface area contributed by atoms with E-state index in [0.717, 1.165) is 19.6 Å². The maximum absolute atomic E-state index is 13.4. The topological polar surface area (TPSA) is 66.9 Å². The lowest BCUT2D eigenvalue weighted by molar-refractivity contribution is -0.132. The fourth-order valence-corrected chi connectivity index (χ4v) is 5.69. The minimum atomic E-state index is -3.97. The van der Waals surface area contributed by atoms with Crippen LogP contribution in [0.4, 0.5) is 4.39 Å². The van der Waals surface area contributed by atoms with Gasteiger partial charge in [0.15, 0.2) is 0 Å². The molecule has 2 aromatic carbocycles. The lowest BCUT2D eigenvalue weighted by Crippen LogP contribution is -2.43. The Labute approximate surface area is 208 Å². The van der Waals surface area contributed by atoms with Crippen molar-refractivity contribution in [2.75, 3.05) is 26.8 Å². The average Bonchev–Trinajstić information content (AvgIpc) is 3.22. The van der Waals surface area contributed by atoms with E-state index in [9.17, 15) is 17.6 Å². The van der Waals surface area contributed by atoms with Crippen LogP contribution in [0.2, 0.25) is 5.02 Å². The van der Waals surface area contributed by atoms with Crippen molar-refractivity contribution in [2.24, 2.45) is 0 Å². The summed E-state index contributed by atoms with van der Waals surface area (Å²) in [7, 11) is -2.50. The van der Waals surface area contributed by atoms with Crippen molar-refractivity contribution in [2.45, 2.75) is 24.9 Å². The van der Waals surface area contributed by atoms with Gasteiger partial charge in [-0.2, -0.15) is 4.31 Å². The number of ether oxygens (including phenoxy) is 1. The lowest BCUT2D eigenvalue weighted by Gasteiger charge is -2.27. The van der Waals surface area contributed by atoms with Crippen LogP contribution in [0.3, 0.4) is 0 Å². The molecule has 0 saturated heterocycles. The molecule has 1 amide bonds. The van der Waals surface area contributed by atoms with Gasteiger partial charge < -0.3 is 9.64 Å². The second-order valence-corrected chi connectivity index (χ2v) is 11.4. The number of carbonyl (C=O) groups excluding carboxylic acids is 1. The summed E-state index contributed by atoms with van der Waals surface area (Å²) >= 11 is 7.47. The number of thiophene rings is 1. The summed E-state index contributed by atoms with van der Waals surface area (Å²) in [6.45, 7) is 2.28.